The van der Waals surface area contributed by atoms with Gasteiger partial charge in [-0.05, 0) is 41.3 Å². The van der Waals surface area contributed by atoms with E-state index in [2.05, 4.69) is 0 Å². The number of esters is 2. The van der Waals surface area contributed by atoms with E-state index in [1.807, 2.05) is 0 Å². The van der Waals surface area contributed by atoms with Crippen LogP contribution in [0.15, 0.2) is 48.5 Å². The van der Waals surface area contributed by atoms with E-state index in [9.17, 15) is 55.5 Å². The minimum absolute atomic E-state index is 0.198. The number of aliphatic hydroxyl groups excluding tert-OH is 8. The number of aliphatic hydroxyl groups is 9. The zero-order valence-corrected chi connectivity index (χ0v) is 28.0. The van der Waals surface area contributed by atoms with Crippen molar-refractivity contribution in [2.75, 3.05) is 13.2 Å². The van der Waals surface area contributed by atoms with E-state index in [0.717, 1.165) is 0 Å². The first-order valence-corrected chi connectivity index (χ1v) is 16.4. The summed E-state index contributed by atoms with van der Waals surface area (Å²) in [4.78, 5) is 25.9. The maximum absolute atomic E-state index is 13.1. The molecule has 2 saturated heterocycles. The maximum atomic E-state index is 13.1. The van der Waals surface area contributed by atoms with Crippen molar-refractivity contribution >= 4 is 11.9 Å². The number of benzene rings is 2. The Hall–Kier alpha value is -3.46. The monoisotopic (exact) mass is 726 g/mol. The van der Waals surface area contributed by atoms with Crippen molar-refractivity contribution in [1.29, 1.82) is 0 Å². The van der Waals surface area contributed by atoms with Gasteiger partial charge in [-0.1, -0.05) is 44.5 Å². The second-order valence-electron chi connectivity index (χ2n) is 12.6. The predicted molar refractivity (Wildman–Crippen MR) is 170 cm³/mol. The summed E-state index contributed by atoms with van der Waals surface area (Å²) in [7, 11) is 0. The largest absolute Gasteiger partial charge is 0.462 e. The highest BCUT2D eigenvalue weighted by Gasteiger charge is 2.47. The first-order valence-electron chi connectivity index (χ1n) is 16.4. The standard InChI is InChI=1S/C34H46O17/c1-3-17(2)34(45,33(44)47-16-19-6-10-21(11-7-19)49-32-30(43)28(41)26(39)23(14-36)51-32)12-24(37)46-15-18-4-8-20(9-5-18)48-31-29(42)27(40)25(38)22(13-35)50-31/h4-11,17,22-23,25-32,35-36,38-43,45H,3,12-16H2,1-2H3/t17-,22+,23+,25+,26+,27-,28-,29+,30+,31+,32+,34-/m0/s1. The molecule has 2 aromatic carbocycles. The molecule has 17 nitrogen and oxygen atoms in total. The maximum Gasteiger partial charge on any atom is 0.339 e. The quantitative estimate of drug-likeness (QED) is 0.0898. The molecule has 9 N–H and O–H groups in total. The minimum atomic E-state index is -2.21. The second kappa shape index (κ2) is 17.8. The lowest BCUT2D eigenvalue weighted by Gasteiger charge is -2.39. The average Bonchev–Trinajstić information content (AvgIpc) is 3.13. The normalized spacial score (nSPS) is 31.2. The van der Waals surface area contributed by atoms with E-state index >= 15 is 0 Å². The molecule has 284 valence electrons. The molecule has 0 amide bonds. The smallest absolute Gasteiger partial charge is 0.339 e. The van der Waals surface area contributed by atoms with Crippen LogP contribution < -0.4 is 9.47 Å². The Labute approximate surface area is 293 Å². The van der Waals surface area contributed by atoms with Crippen LogP contribution in [-0.2, 0) is 41.8 Å². The molecule has 2 heterocycles. The van der Waals surface area contributed by atoms with E-state index in [1.54, 1.807) is 26.0 Å². The zero-order valence-electron chi connectivity index (χ0n) is 28.0. The fourth-order valence-corrected chi connectivity index (χ4v) is 5.42. The predicted octanol–water partition coefficient (Wildman–Crippen LogP) is -2.00. The van der Waals surface area contributed by atoms with Gasteiger partial charge in [0.05, 0.1) is 19.6 Å². The van der Waals surface area contributed by atoms with Crippen LogP contribution in [0.3, 0.4) is 0 Å². The van der Waals surface area contributed by atoms with Crippen molar-refractivity contribution in [3.63, 3.8) is 0 Å². The number of hydrogen-bond acceptors (Lipinski definition) is 17. The van der Waals surface area contributed by atoms with E-state index in [4.69, 9.17) is 28.4 Å². The Morgan fingerprint density at radius 1 is 0.686 bits per heavy atom. The van der Waals surface area contributed by atoms with E-state index in [0.29, 0.717) is 17.5 Å². The van der Waals surface area contributed by atoms with Gasteiger partial charge in [0, 0.05) is 0 Å². The van der Waals surface area contributed by atoms with Crippen LogP contribution in [-0.4, -0.2) is 138 Å². The molecule has 12 atom stereocenters. The zero-order chi connectivity index (χ0) is 37.5. The molecule has 2 fully saturated rings. The third kappa shape index (κ3) is 9.70. The van der Waals surface area contributed by atoms with Crippen LogP contribution in [0.2, 0.25) is 0 Å². The van der Waals surface area contributed by atoms with Gasteiger partial charge < -0.3 is 74.4 Å². The van der Waals surface area contributed by atoms with Gasteiger partial charge >= 0.3 is 11.9 Å². The molecule has 0 radical (unpaired) electrons. The highest BCUT2D eigenvalue weighted by atomic mass is 16.7. The topological polar surface area (TPSA) is 272 Å². The van der Waals surface area contributed by atoms with Crippen molar-refractivity contribution in [3.8, 4) is 11.5 Å². The summed E-state index contributed by atoms with van der Waals surface area (Å²) in [6, 6.07) is 12.0. The lowest BCUT2D eigenvalue weighted by Crippen LogP contribution is -2.60. The molecule has 0 aromatic heterocycles. The molecule has 17 heteroatoms. The lowest BCUT2D eigenvalue weighted by molar-refractivity contribution is -0.277. The summed E-state index contributed by atoms with van der Waals surface area (Å²) in [5.74, 6) is -2.19. The Kier molecular flexibility index (Phi) is 14.1. The summed E-state index contributed by atoms with van der Waals surface area (Å²) < 4.78 is 32.4. The van der Waals surface area contributed by atoms with Gasteiger partial charge in [-0.15, -0.1) is 0 Å². The number of hydrogen-bond donors (Lipinski definition) is 9. The Morgan fingerprint density at radius 3 is 1.49 bits per heavy atom. The van der Waals surface area contributed by atoms with E-state index in [-0.39, 0.29) is 24.7 Å². The first-order chi connectivity index (χ1) is 24.2. The van der Waals surface area contributed by atoms with Gasteiger partial charge in [0.15, 0.2) is 5.60 Å². The van der Waals surface area contributed by atoms with Gasteiger partial charge in [0.25, 0.3) is 0 Å². The van der Waals surface area contributed by atoms with E-state index < -0.39 is 105 Å². The molecular formula is C34H46O17. The molecule has 0 spiro atoms. The third-order valence-electron chi connectivity index (χ3n) is 9.01. The molecule has 2 aliphatic heterocycles. The van der Waals surface area contributed by atoms with Crippen molar-refractivity contribution < 1.29 is 84.0 Å². The fourth-order valence-electron chi connectivity index (χ4n) is 5.42. The van der Waals surface area contributed by atoms with Crippen LogP contribution in [0.4, 0.5) is 0 Å². The van der Waals surface area contributed by atoms with Gasteiger partial charge in [0.1, 0.15) is 73.5 Å². The number of carbonyl (C=O) groups is 2. The lowest BCUT2D eigenvalue weighted by atomic mass is 9.84. The van der Waals surface area contributed by atoms with Crippen molar-refractivity contribution in [2.45, 2.75) is 107 Å². The van der Waals surface area contributed by atoms with Gasteiger partial charge in [-0.25, -0.2) is 4.79 Å². The van der Waals surface area contributed by atoms with Crippen LogP contribution in [0.5, 0.6) is 11.5 Å². The van der Waals surface area contributed by atoms with Crippen molar-refractivity contribution in [2.24, 2.45) is 5.92 Å². The Morgan fingerprint density at radius 2 is 1.10 bits per heavy atom. The van der Waals surface area contributed by atoms with Crippen LogP contribution >= 0.6 is 0 Å². The van der Waals surface area contributed by atoms with Gasteiger partial charge in [-0.3, -0.25) is 4.79 Å². The number of rotatable bonds is 15. The van der Waals surface area contributed by atoms with Crippen LogP contribution in [0.1, 0.15) is 37.8 Å². The number of carbonyl (C=O) groups excluding carboxylic acids is 2. The molecule has 2 aromatic rings. The molecule has 4 rings (SSSR count). The van der Waals surface area contributed by atoms with Gasteiger partial charge in [0.2, 0.25) is 12.6 Å². The number of ether oxygens (including phenoxy) is 6. The average molecular weight is 727 g/mol. The highest BCUT2D eigenvalue weighted by molar-refractivity contribution is 5.86. The SMILES string of the molecule is CC[C@H](C)[C@@](O)(CC(=O)OCc1ccc(O[C@@H]2O[C@H](CO)[C@@H](O)[C@H](O)[C@H]2O)cc1)C(=O)OCc1ccc(O[C@@H]2O[C@H](CO)[C@@H](O)[C@H](O)[C@H]2O)cc1. The Balaban J connectivity index is 1.28. The van der Waals surface area contributed by atoms with Gasteiger partial charge in [-0.2, -0.15) is 0 Å². The van der Waals surface area contributed by atoms with Crippen molar-refractivity contribution in [1.82, 2.24) is 0 Å². The first kappa shape index (κ1) is 40.3. The molecule has 0 bridgehead atoms. The Bertz CT molecular complexity index is 1400. The van der Waals surface area contributed by atoms with E-state index in [1.165, 1.54) is 36.4 Å². The molecule has 0 saturated carbocycles. The minimum Gasteiger partial charge on any atom is -0.462 e. The molecular weight excluding hydrogens is 680 g/mol. The molecule has 0 aliphatic carbocycles. The fraction of sp³-hybridized carbons (Fsp3) is 0.588. The summed E-state index contributed by atoms with van der Waals surface area (Å²) in [6.45, 7) is 1.61. The van der Waals surface area contributed by atoms with Crippen LogP contribution in [0, 0.1) is 5.92 Å². The summed E-state index contributed by atoms with van der Waals surface area (Å²) in [6.07, 6.45) is -14.9. The summed E-state index contributed by atoms with van der Waals surface area (Å²) in [5.41, 5.74) is -1.21. The molecule has 2 aliphatic rings. The summed E-state index contributed by atoms with van der Waals surface area (Å²) >= 11 is 0. The van der Waals surface area contributed by atoms with Crippen molar-refractivity contribution in [3.05, 3.63) is 59.7 Å². The molecule has 0 unspecified atom stereocenters. The third-order valence-corrected chi connectivity index (χ3v) is 9.01. The highest BCUT2D eigenvalue weighted by Crippen LogP contribution is 2.29. The van der Waals surface area contributed by atoms with Crippen LogP contribution in [0.25, 0.3) is 0 Å². The second-order valence-corrected chi connectivity index (χ2v) is 12.6. The molecule has 51 heavy (non-hydrogen) atoms. The summed E-state index contributed by atoms with van der Waals surface area (Å²) in [5, 5.41) is 90.1.